The quantitative estimate of drug-likeness (QED) is 0.718. The number of aliphatic hydroxyl groups is 1. The van der Waals surface area contributed by atoms with Crippen molar-refractivity contribution < 1.29 is 5.11 Å². The summed E-state index contributed by atoms with van der Waals surface area (Å²) in [5.41, 5.74) is 0.249. The van der Waals surface area contributed by atoms with Crippen molar-refractivity contribution >= 4 is 0 Å². The van der Waals surface area contributed by atoms with Crippen LogP contribution in [0.2, 0.25) is 0 Å². The van der Waals surface area contributed by atoms with Crippen LogP contribution >= 0.6 is 0 Å². The molecule has 2 nitrogen and oxygen atoms in total. The van der Waals surface area contributed by atoms with Gasteiger partial charge in [0.05, 0.1) is 6.10 Å². The Morgan fingerprint density at radius 3 is 2.04 bits per heavy atom. The fourth-order valence-electron chi connectivity index (χ4n) is 6.66. The average molecular weight is 336 g/mol. The highest BCUT2D eigenvalue weighted by molar-refractivity contribution is 5.05. The van der Waals surface area contributed by atoms with Crippen LogP contribution in [0.25, 0.3) is 0 Å². The Kier molecular flexibility index (Phi) is 6.65. The van der Waals surface area contributed by atoms with E-state index in [9.17, 15) is 5.11 Å². The van der Waals surface area contributed by atoms with E-state index < -0.39 is 0 Å². The highest BCUT2D eigenvalue weighted by Gasteiger charge is 2.54. The molecule has 3 aliphatic carbocycles. The molecule has 0 aliphatic heterocycles. The Balaban J connectivity index is 1.80. The summed E-state index contributed by atoms with van der Waals surface area (Å²) in [6.07, 6.45) is 18.9. The first-order valence-corrected chi connectivity index (χ1v) is 11.0. The summed E-state index contributed by atoms with van der Waals surface area (Å²) in [5.74, 6) is 2.23. The Morgan fingerprint density at radius 1 is 0.792 bits per heavy atom. The van der Waals surface area contributed by atoms with Crippen molar-refractivity contribution in [3.8, 4) is 0 Å². The van der Waals surface area contributed by atoms with Gasteiger partial charge < -0.3 is 10.4 Å². The van der Waals surface area contributed by atoms with Crippen LogP contribution in [0.15, 0.2) is 0 Å². The van der Waals surface area contributed by atoms with Crippen molar-refractivity contribution in [3.05, 3.63) is 0 Å². The first-order valence-electron chi connectivity index (χ1n) is 11.0. The van der Waals surface area contributed by atoms with Crippen LogP contribution in [-0.4, -0.2) is 24.3 Å². The molecule has 0 aromatic carbocycles. The van der Waals surface area contributed by atoms with Gasteiger partial charge in [0.2, 0.25) is 0 Å². The summed E-state index contributed by atoms with van der Waals surface area (Å²) in [7, 11) is 2.13. The van der Waals surface area contributed by atoms with Crippen LogP contribution in [0.3, 0.4) is 0 Å². The lowest BCUT2D eigenvalue weighted by Crippen LogP contribution is -2.56. The third-order valence-electron chi connectivity index (χ3n) is 7.96. The monoisotopic (exact) mass is 335 g/mol. The molecule has 2 N–H and O–H groups in total. The predicted molar refractivity (Wildman–Crippen MR) is 102 cm³/mol. The fraction of sp³-hybridized carbons (Fsp3) is 1.00. The van der Waals surface area contributed by atoms with E-state index in [1.165, 1.54) is 83.5 Å². The van der Waals surface area contributed by atoms with Crippen LogP contribution in [0.1, 0.15) is 96.8 Å². The Bertz CT molecular complexity index is 374. The zero-order valence-corrected chi connectivity index (χ0v) is 16.2. The van der Waals surface area contributed by atoms with Crippen LogP contribution in [0, 0.1) is 23.2 Å². The molecule has 3 saturated carbocycles. The summed E-state index contributed by atoms with van der Waals surface area (Å²) in [5, 5.41) is 14.8. The predicted octanol–water partition coefficient (Wildman–Crippen LogP) is 5.29. The van der Waals surface area contributed by atoms with Crippen LogP contribution < -0.4 is 5.32 Å². The van der Waals surface area contributed by atoms with Gasteiger partial charge >= 0.3 is 0 Å². The molecule has 0 saturated heterocycles. The van der Waals surface area contributed by atoms with Gasteiger partial charge in [0.1, 0.15) is 0 Å². The van der Waals surface area contributed by atoms with Gasteiger partial charge in [-0.15, -0.1) is 0 Å². The van der Waals surface area contributed by atoms with E-state index in [1.807, 2.05) is 0 Å². The van der Waals surface area contributed by atoms with E-state index in [-0.39, 0.29) is 11.5 Å². The number of rotatable bonds is 2. The maximum Gasteiger partial charge on any atom is 0.0604 e. The second-order valence-corrected chi connectivity index (χ2v) is 9.41. The third kappa shape index (κ3) is 3.85. The molecule has 0 spiro atoms. The van der Waals surface area contributed by atoms with E-state index >= 15 is 0 Å². The van der Waals surface area contributed by atoms with Crippen molar-refractivity contribution in [2.45, 2.75) is 109 Å². The lowest BCUT2D eigenvalue weighted by Gasteiger charge is -2.58. The van der Waals surface area contributed by atoms with Gasteiger partial charge in [0.15, 0.2) is 0 Å². The zero-order chi connectivity index (χ0) is 17.0. The minimum atomic E-state index is -0.0444. The lowest BCUT2D eigenvalue weighted by atomic mass is 9.49. The van der Waals surface area contributed by atoms with E-state index in [2.05, 4.69) is 19.3 Å². The molecule has 3 aliphatic rings. The summed E-state index contributed by atoms with van der Waals surface area (Å²) < 4.78 is 0. The highest BCUT2D eigenvalue weighted by atomic mass is 16.3. The topological polar surface area (TPSA) is 32.3 Å². The van der Waals surface area contributed by atoms with E-state index in [0.717, 1.165) is 18.3 Å². The molecular weight excluding hydrogens is 294 g/mol. The maximum atomic E-state index is 11.3. The molecule has 2 heteroatoms. The molecule has 0 amide bonds. The summed E-state index contributed by atoms with van der Waals surface area (Å²) in [4.78, 5) is 0. The number of hydrogen-bond acceptors (Lipinski definition) is 2. The van der Waals surface area contributed by atoms with Crippen LogP contribution in [0.4, 0.5) is 0 Å². The van der Waals surface area contributed by atoms with Gasteiger partial charge in [0.25, 0.3) is 0 Å². The van der Waals surface area contributed by atoms with Crippen LogP contribution in [0.5, 0.6) is 0 Å². The standard InChI is InChI=1S/C22H41NO/c1-17-14-19-16-20(23-2)12-13-22(19,21(24)15-17)18-10-8-6-4-3-5-7-9-11-18/h17-21,23-24H,3-16H2,1-2H3. The average Bonchev–Trinajstić information content (AvgIpc) is 2.59. The van der Waals surface area contributed by atoms with Gasteiger partial charge in [-0.2, -0.15) is 0 Å². The molecule has 0 bridgehead atoms. The molecule has 3 rings (SSSR count). The Morgan fingerprint density at radius 2 is 1.42 bits per heavy atom. The van der Waals surface area contributed by atoms with Crippen molar-refractivity contribution in [1.29, 1.82) is 0 Å². The van der Waals surface area contributed by atoms with Crippen LogP contribution in [-0.2, 0) is 0 Å². The molecule has 0 aromatic heterocycles. The number of hydrogen-bond donors (Lipinski definition) is 2. The van der Waals surface area contributed by atoms with Crippen molar-refractivity contribution in [2.24, 2.45) is 23.2 Å². The van der Waals surface area contributed by atoms with E-state index in [0.29, 0.717) is 12.0 Å². The lowest BCUT2D eigenvalue weighted by molar-refractivity contribution is -0.138. The van der Waals surface area contributed by atoms with Gasteiger partial charge in [-0.3, -0.25) is 0 Å². The first kappa shape index (κ1) is 18.7. The minimum Gasteiger partial charge on any atom is -0.393 e. The maximum absolute atomic E-state index is 11.3. The second kappa shape index (κ2) is 8.54. The summed E-state index contributed by atoms with van der Waals surface area (Å²) >= 11 is 0. The molecule has 0 radical (unpaired) electrons. The molecule has 5 unspecified atom stereocenters. The van der Waals surface area contributed by atoms with Gasteiger partial charge in [-0.05, 0) is 69.7 Å². The second-order valence-electron chi connectivity index (χ2n) is 9.41. The molecule has 5 atom stereocenters. The molecule has 3 fully saturated rings. The van der Waals surface area contributed by atoms with Gasteiger partial charge in [-0.25, -0.2) is 0 Å². The summed E-state index contributed by atoms with van der Waals surface area (Å²) in [6.45, 7) is 2.36. The Hall–Kier alpha value is -0.0800. The molecular formula is C22H41NO. The summed E-state index contributed by atoms with van der Waals surface area (Å²) in [6, 6.07) is 0.681. The zero-order valence-electron chi connectivity index (χ0n) is 16.2. The first-order chi connectivity index (χ1) is 11.7. The smallest absolute Gasteiger partial charge is 0.0604 e. The van der Waals surface area contributed by atoms with Crippen molar-refractivity contribution in [2.75, 3.05) is 7.05 Å². The minimum absolute atomic E-state index is 0.0444. The number of fused-ring (bicyclic) bond motifs is 1. The molecule has 0 heterocycles. The number of nitrogens with one attached hydrogen (secondary N) is 1. The SMILES string of the molecule is CNC1CCC2(C3CCCCCCCCC3)C(O)CC(C)CC2C1. The van der Waals surface area contributed by atoms with Crippen molar-refractivity contribution in [1.82, 2.24) is 5.32 Å². The molecule has 0 aromatic rings. The highest BCUT2D eigenvalue weighted by Crippen LogP contribution is 2.58. The number of aliphatic hydroxyl groups excluding tert-OH is 1. The van der Waals surface area contributed by atoms with Crippen molar-refractivity contribution in [3.63, 3.8) is 0 Å². The van der Waals surface area contributed by atoms with E-state index in [1.54, 1.807) is 0 Å². The Labute approximate surface area is 150 Å². The normalized spacial score (nSPS) is 43.1. The molecule has 140 valence electrons. The fourth-order valence-corrected chi connectivity index (χ4v) is 6.66. The van der Waals surface area contributed by atoms with E-state index in [4.69, 9.17) is 0 Å². The van der Waals surface area contributed by atoms with Gasteiger partial charge in [-0.1, -0.05) is 51.9 Å². The third-order valence-corrected chi connectivity index (χ3v) is 7.96. The van der Waals surface area contributed by atoms with Gasteiger partial charge in [0, 0.05) is 11.5 Å². The molecule has 24 heavy (non-hydrogen) atoms. The largest absolute Gasteiger partial charge is 0.393 e.